The van der Waals surface area contributed by atoms with Gasteiger partial charge in [-0.2, -0.15) is 0 Å². The predicted octanol–water partition coefficient (Wildman–Crippen LogP) is 3.39. The highest BCUT2D eigenvalue weighted by Gasteiger charge is 2.19. The van der Waals surface area contributed by atoms with Crippen molar-refractivity contribution in [3.8, 4) is 0 Å². The van der Waals surface area contributed by atoms with Gasteiger partial charge in [-0.15, -0.1) is 0 Å². The number of hydrogen-bond donors (Lipinski definition) is 2. The van der Waals surface area contributed by atoms with Gasteiger partial charge < -0.3 is 10.4 Å². The van der Waals surface area contributed by atoms with Crippen LogP contribution in [-0.4, -0.2) is 23.0 Å². The molecule has 0 saturated carbocycles. The zero-order valence-corrected chi connectivity index (χ0v) is 14.0. The molecule has 24 heavy (non-hydrogen) atoms. The van der Waals surface area contributed by atoms with Gasteiger partial charge in [0.2, 0.25) is 5.91 Å². The SMILES string of the molecule is Cc1ccc(/C(Cl)=C/C(=O)NC(Cc2ccccc2)C(=O)O)cc1. The largest absolute Gasteiger partial charge is 0.480 e. The molecule has 2 rings (SSSR count). The van der Waals surface area contributed by atoms with E-state index in [9.17, 15) is 14.7 Å². The van der Waals surface area contributed by atoms with Crippen molar-refractivity contribution in [1.82, 2.24) is 5.32 Å². The molecule has 0 radical (unpaired) electrons. The van der Waals surface area contributed by atoms with Gasteiger partial charge in [0.25, 0.3) is 0 Å². The Hall–Kier alpha value is -2.59. The number of carbonyl (C=O) groups is 2. The highest BCUT2D eigenvalue weighted by atomic mass is 35.5. The van der Waals surface area contributed by atoms with Crippen molar-refractivity contribution < 1.29 is 14.7 Å². The topological polar surface area (TPSA) is 66.4 Å². The number of carboxylic acid groups (broad SMARTS) is 1. The molecule has 0 aliphatic carbocycles. The van der Waals surface area contributed by atoms with Crippen LogP contribution >= 0.6 is 11.6 Å². The first-order valence-electron chi connectivity index (χ1n) is 7.47. The minimum Gasteiger partial charge on any atom is -0.480 e. The summed E-state index contributed by atoms with van der Waals surface area (Å²) >= 11 is 6.13. The molecule has 0 bridgehead atoms. The standard InChI is InChI=1S/C19H18ClNO3/c1-13-7-9-15(10-8-13)16(20)12-18(22)21-17(19(23)24)11-14-5-3-2-4-6-14/h2-10,12,17H,11H2,1H3,(H,21,22)(H,23,24)/b16-12-. The Balaban J connectivity index is 2.06. The summed E-state index contributed by atoms with van der Waals surface area (Å²) in [6, 6.07) is 15.5. The van der Waals surface area contributed by atoms with E-state index >= 15 is 0 Å². The summed E-state index contributed by atoms with van der Waals surface area (Å²) in [5, 5.41) is 12.0. The lowest BCUT2D eigenvalue weighted by molar-refractivity contribution is -0.141. The Morgan fingerprint density at radius 1 is 1.12 bits per heavy atom. The number of benzene rings is 2. The van der Waals surface area contributed by atoms with Crippen molar-refractivity contribution in [3.63, 3.8) is 0 Å². The van der Waals surface area contributed by atoms with Crippen LogP contribution in [0.15, 0.2) is 60.7 Å². The van der Waals surface area contributed by atoms with Gasteiger partial charge in [0.1, 0.15) is 6.04 Å². The van der Waals surface area contributed by atoms with E-state index < -0.39 is 17.9 Å². The molecule has 0 aliphatic rings. The first-order chi connectivity index (χ1) is 11.5. The number of hydrogen-bond acceptors (Lipinski definition) is 2. The van der Waals surface area contributed by atoms with Crippen LogP contribution in [0.25, 0.3) is 5.03 Å². The summed E-state index contributed by atoms with van der Waals surface area (Å²) in [7, 11) is 0. The summed E-state index contributed by atoms with van der Waals surface area (Å²) in [5.74, 6) is -1.63. The average Bonchev–Trinajstić information content (AvgIpc) is 2.55. The van der Waals surface area contributed by atoms with E-state index in [2.05, 4.69) is 5.32 Å². The molecule has 2 N–H and O–H groups in total. The molecule has 0 saturated heterocycles. The van der Waals surface area contributed by atoms with E-state index in [0.29, 0.717) is 5.56 Å². The molecule has 124 valence electrons. The number of carbonyl (C=O) groups excluding carboxylic acids is 1. The van der Waals surface area contributed by atoms with E-state index in [1.807, 2.05) is 49.4 Å². The number of halogens is 1. The maximum absolute atomic E-state index is 12.1. The molecule has 0 fully saturated rings. The molecule has 2 aromatic carbocycles. The summed E-state index contributed by atoms with van der Waals surface area (Å²) < 4.78 is 0. The maximum Gasteiger partial charge on any atom is 0.326 e. The molecule has 1 unspecified atom stereocenters. The zero-order chi connectivity index (χ0) is 17.5. The van der Waals surface area contributed by atoms with Gasteiger partial charge in [0.15, 0.2) is 0 Å². The Kier molecular flexibility index (Phi) is 6.15. The molecule has 2 aromatic rings. The van der Waals surface area contributed by atoms with E-state index in [-0.39, 0.29) is 11.5 Å². The lowest BCUT2D eigenvalue weighted by Gasteiger charge is -2.13. The lowest BCUT2D eigenvalue weighted by atomic mass is 10.1. The van der Waals surface area contributed by atoms with E-state index in [1.165, 1.54) is 6.08 Å². The number of nitrogens with one attached hydrogen (secondary N) is 1. The Labute approximate surface area is 145 Å². The Morgan fingerprint density at radius 2 is 1.75 bits per heavy atom. The van der Waals surface area contributed by atoms with Crippen molar-refractivity contribution in [1.29, 1.82) is 0 Å². The summed E-state index contributed by atoms with van der Waals surface area (Å²) in [5.41, 5.74) is 2.62. The third-order valence-corrected chi connectivity index (χ3v) is 3.81. The quantitative estimate of drug-likeness (QED) is 0.790. The average molecular weight is 344 g/mol. The predicted molar refractivity (Wildman–Crippen MR) is 94.7 cm³/mol. The first kappa shape index (κ1) is 17.8. The van der Waals surface area contributed by atoms with Crippen LogP contribution in [0.4, 0.5) is 0 Å². The highest BCUT2D eigenvalue weighted by molar-refractivity contribution is 6.50. The fraction of sp³-hybridized carbons (Fsp3) is 0.158. The molecular weight excluding hydrogens is 326 g/mol. The van der Waals surface area contributed by atoms with Crippen LogP contribution in [0.5, 0.6) is 0 Å². The highest BCUT2D eigenvalue weighted by Crippen LogP contribution is 2.19. The van der Waals surface area contributed by atoms with Crippen LogP contribution in [0.1, 0.15) is 16.7 Å². The number of aliphatic carboxylic acids is 1. The number of amides is 1. The number of rotatable bonds is 6. The summed E-state index contributed by atoms with van der Waals surface area (Å²) in [6.45, 7) is 1.95. The van der Waals surface area contributed by atoms with Gasteiger partial charge >= 0.3 is 5.97 Å². The minimum absolute atomic E-state index is 0.206. The van der Waals surface area contributed by atoms with Crippen molar-refractivity contribution in [2.75, 3.05) is 0 Å². The molecule has 4 nitrogen and oxygen atoms in total. The molecular formula is C19H18ClNO3. The van der Waals surface area contributed by atoms with Crippen molar-refractivity contribution in [3.05, 3.63) is 77.4 Å². The smallest absolute Gasteiger partial charge is 0.326 e. The molecule has 0 aromatic heterocycles. The second-order valence-electron chi connectivity index (χ2n) is 5.45. The van der Waals surface area contributed by atoms with Crippen LogP contribution in [-0.2, 0) is 16.0 Å². The molecule has 1 atom stereocenters. The van der Waals surface area contributed by atoms with E-state index in [4.69, 9.17) is 11.6 Å². The van der Waals surface area contributed by atoms with Gasteiger partial charge in [-0.3, -0.25) is 4.79 Å². The Morgan fingerprint density at radius 3 is 2.33 bits per heavy atom. The number of carboxylic acids is 1. The fourth-order valence-electron chi connectivity index (χ4n) is 2.17. The lowest BCUT2D eigenvalue weighted by Crippen LogP contribution is -2.41. The molecule has 0 spiro atoms. The third kappa shape index (κ3) is 5.25. The third-order valence-electron chi connectivity index (χ3n) is 3.48. The second kappa shape index (κ2) is 8.31. The summed E-state index contributed by atoms with van der Waals surface area (Å²) in [4.78, 5) is 23.4. The van der Waals surface area contributed by atoms with Crippen LogP contribution in [0.2, 0.25) is 0 Å². The van der Waals surface area contributed by atoms with Crippen molar-refractivity contribution in [2.24, 2.45) is 0 Å². The minimum atomic E-state index is -1.09. The molecule has 1 amide bonds. The van der Waals surface area contributed by atoms with Crippen molar-refractivity contribution in [2.45, 2.75) is 19.4 Å². The second-order valence-corrected chi connectivity index (χ2v) is 5.85. The molecule has 5 heteroatoms. The monoisotopic (exact) mass is 343 g/mol. The maximum atomic E-state index is 12.1. The molecule has 0 heterocycles. The normalized spacial score (nSPS) is 12.5. The van der Waals surface area contributed by atoms with Gasteiger partial charge in [-0.1, -0.05) is 71.8 Å². The fourth-order valence-corrected chi connectivity index (χ4v) is 2.40. The van der Waals surface area contributed by atoms with E-state index in [1.54, 1.807) is 12.1 Å². The van der Waals surface area contributed by atoms with Crippen LogP contribution in [0, 0.1) is 6.92 Å². The van der Waals surface area contributed by atoms with E-state index in [0.717, 1.165) is 11.1 Å². The summed E-state index contributed by atoms with van der Waals surface area (Å²) in [6.07, 6.45) is 1.41. The van der Waals surface area contributed by atoms with Crippen LogP contribution in [0.3, 0.4) is 0 Å². The van der Waals surface area contributed by atoms with Gasteiger partial charge in [0, 0.05) is 12.5 Å². The van der Waals surface area contributed by atoms with Gasteiger partial charge in [-0.25, -0.2) is 4.79 Å². The Bertz CT molecular complexity index is 739. The van der Waals surface area contributed by atoms with Gasteiger partial charge in [-0.05, 0) is 18.1 Å². The molecule has 0 aliphatic heterocycles. The van der Waals surface area contributed by atoms with Crippen molar-refractivity contribution >= 4 is 28.5 Å². The first-order valence-corrected chi connectivity index (χ1v) is 7.85. The zero-order valence-electron chi connectivity index (χ0n) is 13.2. The van der Waals surface area contributed by atoms with Gasteiger partial charge in [0.05, 0.1) is 5.03 Å². The van der Waals surface area contributed by atoms with Crippen LogP contribution < -0.4 is 5.32 Å². The number of aryl methyl sites for hydroxylation is 1.